The molecule has 0 aliphatic rings. The number of halogens is 1. The summed E-state index contributed by atoms with van der Waals surface area (Å²) in [5.74, 6) is -0.331. The largest absolute Gasteiger partial charge is 0.392 e. The number of aliphatic hydroxyl groups excluding tert-OH is 1. The van der Waals surface area contributed by atoms with Crippen molar-refractivity contribution in [1.82, 2.24) is 9.78 Å². The summed E-state index contributed by atoms with van der Waals surface area (Å²) in [5, 5.41) is 13.0. The highest BCUT2D eigenvalue weighted by Gasteiger charge is 2.07. The Hall–Kier alpha value is -1.68. The van der Waals surface area contributed by atoms with Gasteiger partial charge in [-0.2, -0.15) is 5.10 Å². The van der Waals surface area contributed by atoms with E-state index in [1.165, 1.54) is 6.07 Å². The Morgan fingerprint density at radius 3 is 2.81 bits per heavy atom. The molecule has 0 aliphatic carbocycles. The van der Waals surface area contributed by atoms with E-state index in [0.29, 0.717) is 11.1 Å². The molecule has 0 amide bonds. The Bertz CT molecular complexity index is 494. The fraction of sp³-hybridized carbons (Fsp3) is 0.250. The van der Waals surface area contributed by atoms with Crippen LogP contribution in [0.1, 0.15) is 12.5 Å². The van der Waals surface area contributed by atoms with Gasteiger partial charge in [0, 0.05) is 23.9 Å². The van der Waals surface area contributed by atoms with Gasteiger partial charge >= 0.3 is 0 Å². The molecule has 0 unspecified atom stereocenters. The molecule has 1 N–H and O–H groups in total. The molecule has 0 saturated heterocycles. The number of aryl methyl sites for hydroxylation is 1. The maximum absolute atomic E-state index is 13.7. The molecule has 4 heteroatoms. The third-order valence-electron chi connectivity index (χ3n) is 2.48. The highest BCUT2D eigenvalue weighted by Crippen LogP contribution is 2.23. The van der Waals surface area contributed by atoms with Crippen molar-refractivity contribution in [3.05, 3.63) is 42.0 Å². The van der Waals surface area contributed by atoms with E-state index in [0.717, 1.165) is 12.1 Å². The second-order valence-corrected chi connectivity index (χ2v) is 3.56. The van der Waals surface area contributed by atoms with Crippen molar-refractivity contribution in [2.45, 2.75) is 20.1 Å². The summed E-state index contributed by atoms with van der Waals surface area (Å²) < 4.78 is 15.4. The second-order valence-electron chi connectivity index (χ2n) is 3.56. The van der Waals surface area contributed by atoms with Crippen LogP contribution < -0.4 is 0 Å². The predicted octanol–water partition coefficient (Wildman–Crippen LogP) is 2.20. The summed E-state index contributed by atoms with van der Waals surface area (Å²) in [6.45, 7) is 2.59. The molecule has 84 valence electrons. The van der Waals surface area contributed by atoms with Gasteiger partial charge in [0.2, 0.25) is 0 Å². The normalized spacial score (nSPS) is 10.7. The summed E-state index contributed by atoms with van der Waals surface area (Å²) >= 11 is 0. The molecule has 0 fully saturated rings. The van der Waals surface area contributed by atoms with Crippen LogP contribution in [0.4, 0.5) is 4.39 Å². The number of rotatable bonds is 3. The Kier molecular flexibility index (Phi) is 3.01. The summed E-state index contributed by atoms with van der Waals surface area (Å²) in [5.41, 5.74) is 1.84. The van der Waals surface area contributed by atoms with Crippen LogP contribution >= 0.6 is 0 Å². The van der Waals surface area contributed by atoms with Crippen LogP contribution in [0.25, 0.3) is 11.1 Å². The van der Waals surface area contributed by atoms with E-state index in [4.69, 9.17) is 5.11 Å². The molecule has 16 heavy (non-hydrogen) atoms. The Balaban J connectivity index is 2.40. The zero-order valence-corrected chi connectivity index (χ0v) is 9.02. The first-order valence-corrected chi connectivity index (χ1v) is 5.16. The molecule has 1 heterocycles. The van der Waals surface area contributed by atoms with Crippen LogP contribution in [-0.4, -0.2) is 14.9 Å². The fourth-order valence-electron chi connectivity index (χ4n) is 1.57. The molecule has 3 nitrogen and oxygen atoms in total. The highest BCUT2D eigenvalue weighted by molar-refractivity contribution is 5.62. The first-order valence-electron chi connectivity index (χ1n) is 5.16. The van der Waals surface area contributed by atoms with E-state index in [9.17, 15) is 4.39 Å². The predicted molar refractivity (Wildman–Crippen MR) is 59.2 cm³/mol. The van der Waals surface area contributed by atoms with E-state index < -0.39 is 0 Å². The third-order valence-corrected chi connectivity index (χ3v) is 2.48. The molecule has 0 bridgehead atoms. The van der Waals surface area contributed by atoms with Crippen molar-refractivity contribution in [3.63, 3.8) is 0 Å². The van der Waals surface area contributed by atoms with Crippen molar-refractivity contribution in [1.29, 1.82) is 0 Å². The number of hydrogen-bond acceptors (Lipinski definition) is 2. The molecular weight excluding hydrogens is 207 g/mol. The summed E-state index contributed by atoms with van der Waals surface area (Å²) in [7, 11) is 0. The van der Waals surface area contributed by atoms with Gasteiger partial charge in [0.05, 0.1) is 12.8 Å². The quantitative estimate of drug-likeness (QED) is 0.861. The zero-order chi connectivity index (χ0) is 11.5. The maximum atomic E-state index is 13.7. The molecule has 1 aromatic heterocycles. The maximum Gasteiger partial charge on any atom is 0.131 e. The van der Waals surface area contributed by atoms with Gasteiger partial charge in [-0.25, -0.2) is 4.39 Å². The Morgan fingerprint density at radius 2 is 2.25 bits per heavy atom. The van der Waals surface area contributed by atoms with Crippen LogP contribution in [0.15, 0.2) is 30.6 Å². The number of aromatic nitrogens is 2. The van der Waals surface area contributed by atoms with Crippen molar-refractivity contribution in [2.24, 2.45) is 0 Å². The molecule has 0 aliphatic heterocycles. The Labute approximate surface area is 93.2 Å². The van der Waals surface area contributed by atoms with Crippen LogP contribution in [0.3, 0.4) is 0 Å². The van der Waals surface area contributed by atoms with Gasteiger partial charge in [-0.15, -0.1) is 0 Å². The lowest BCUT2D eigenvalue weighted by atomic mass is 10.1. The molecule has 2 rings (SSSR count). The average molecular weight is 220 g/mol. The van der Waals surface area contributed by atoms with Gasteiger partial charge in [0.1, 0.15) is 5.82 Å². The van der Waals surface area contributed by atoms with Crippen LogP contribution in [0.2, 0.25) is 0 Å². The minimum Gasteiger partial charge on any atom is -0.392 e. The first kappa shape index (κ1) is 10.8. The molecule has 2 aromatic rings. The van der Waals surface area contributed by atoms with Crippen molar-refractivity contribution in [3.8, 4) is 11.1 Å². The fourth-order valence-corrected chi connectivity index (χ4v) is 1.57. The van der Waals surface area contributed by atoms with Gasteiger partial charge in [-0.3, -0.25) is 4.68 Å². The van der Waals surface area contributed by atoms with E-state index in [1.807, 2.05) is 6.92 Å². The average Bonchev–Trinajstić information content (AvgIpc) is 2.77. The minimum absolute atomic E-state index is 0.147. The topological polar surface area (TPSA) is 38.0 Å². The number of nitrogens with zero attached hydrogens (tertiary/aromatic N) is 2. The standard InChI is InChI=1S/C12H13FN2O/c1-2-15-7-10(6-14-15)11-4-3-9(8-16)5-12(11)13/h3-7,16H,2,8H2,1H3. The highest BCUT2D eigenvalue weighted by atomic mass is 19.1. The summed E-state index contributed by atoms with van der Waals surface area (Å²) in [6, 6.07) is 4.72. The molecule has 0 spiro atoms. The van der Waals surface area contributed by atoms with Gasteiger partial charge in [0.15, 0.2) is 0 Å². The van der Waals surface area contributed by atoms with Crippen LogP contribution in [-0.2, 0) is 13.2 Å². The Morgan fingerprint density at radius 1 is 1.44 bits per heavy atom. The monoisotopic (exact) mass is 220 g/mol. The van der Waals surface area contributed by atoms with Crippen LogP contribution in [0.5, 0.6) is 0 Å². The van der Waals surface area contributed by atoms with E-state index >= 15 is 0 Å². The van der Waals surface area contributed by atoms with E-state index in [-0.39, 0.29) is 12.4 Å². The lowest BCUT2D eigenvalue weighted by Gasteiger charge is -2.02. The SMILES string of the molecule is CCn1cc(-c2ccc(CO)cc2F)cn1. The van der Waals surface area contributed by atoms with E-state index in [1.54, 1.807) is 29.2 Å². The van der Waals surface area contributed by atoms with Gasteiger partial charge in [0.25, 0.3) is 0 Å². The van der Waals surface area contributed by atoms with Crippen molar-refractivity contribution >= 4 is 0 Å². The van der Waals surface area contributed by atoms with Crippen molar-refractivity contribution < 1.29 is 9.50 Å². The van der Waals surface area contributed by atoms with Crippen LogP contribution in [0, 0.1) is 5.82 Å². The first-order chi connectivity index (χ1) is 7.74. The van der Waals surface area contributed by atoms with Gasteiger partial charge in [-0.05, 0) is 18.6 Å². The lowest BCUT2D eigenvalue weighted by molar-refractivity contribution is 0.281. The summed E-state index contributed by atoms with van der Waals surface area (Å²) in [4.78, 5) is 0. The zero-order valence-electron chi connectivity index (χ0n) is 9.02. The second kappa shape index (κ2) is 4.45. The smallest absolute Gasteiger partial charge is 0.131 e. The molecular formula is C12H13FN2O. The lowest BCUT2D eigenvalue weighted by Crippen LogP contribution is -1.92. The van der Waals surface area contributed by atoms with E-state index in [2.05, 4.69) is 5.10 Å². The third kappa shape index (κ3) is 1.97. The number of aliphatic hydroxyl groups is 1. The van der Waals surface area contributed by atoms with Crippen molar-refractivity contribution in [2.75, 3.05) is 0 Å². The van der Waals surface area contributed by atoms with Gasteiger partial charge < -0.3 is 5.11 Å². The molecule has 0 saturated carbocycles. The molecule has 0 atom stereocenters. The molecule has 1 aromatic carbocycles. The minimum atomic E-state index is -0.331. The summed E-state index contributed by atoms with van der Waals surface area (Å²) in [6.07, 6.45) is 3.44. The number of hydrogen-bond donors (Lipinski definition) is 1. The van der Waals surface area contributed by atoms with Gasteiger partial charge in [-0.1, -0.05) is 12.1 Å². The molecule has 0 radical (unpaired) electrons. The number of benzene rings is 1.